The number of nitrogens with zero attached hydrogens (tertiary/aromatic N) is 4. The molecule has 7 heteroatoms. The van der Waals surface area contributed by atoms with Crippen LogP contribution in [0.2, 0.25) is 0 Å². The summed E-state index contributed by atoms with van der Waals surface area (Å²) in [6.45, 7) is 1.52. The third-order valence-corrected chi connectivity index (χ3v) is 4.77. The minimum atomic E-state index is -0.136. The SMILES string of the molecule is O=C(c1cnccn1)N1CCO[C@H]2CC[C@H]1[C@H]2OCc1cccnc1. The first-order valence-electron chi connectivity index (χ1n) is 8.52. The fourth-order valence-corrected chi connectivity index (χ4v) is 3.59. The van der Waals surface area contributed by atoms with Crippen LogP contribution >= 0.6 is 0 Å². The van der Waals surface area contributed by atoms with Gasteiger partial charge < -0.3 is 14.4 Å². The summed E-state index contributed by atoms with van der Waals surface area (Å²) in [5, 5.41) is 0. The summed E-state index contributed by atoms with van der Waals surface area (Å²) in [6.07, 6.45) is 9.80. The van der Waals surface area contributed by atoms with Gasteiger partial charge in [0.15, 0.2) is 0 Å². The monoisotopic (exact) mass is 340 g/mol. The van der Waals surface area contributed by atoms with Crippen LogP contribution in [-0.2, 0) is 16.1 Å². The Kier molecular flexibility index (Phi) is 4.67. The minimum absolute atomic E-state index is 0.00122. The van der Waals surface area contributed by atoms with Crippen LogP contribution in [0.1, 0.15) is 28.9 Å². The Labute approximate surface area is 146 Å². The van der Waals surface area contributed by atoms with Crippen molar-refractivity contribution in [1.82, 2.24) is 19.9 Å². The van der Waals surface area contributed by atoms with Crippen molar-refractivity contribution < 1.29 is 14.3 Å². The van der Waals surface area contributed by atoms with E-state index in [-0.39, 0.29) is 24.2 Å². The maximum atomic E-state index is 12.9. The molecule has 0 N–H and O–H groups in total. The zero-order chi connectivity index (χ0) is 17.1. The highest BCUT2D eigenvalue weighted by Gasteiger charge is 2.45. The summed E-state index contributed by atoms with van der Waals surface area (Å²) in [6, 6.07) is 3.87. The Hall–Kier alpha value is -2.38. The van der Waals surface area contributed by atoms with Crippen LogP contribution in [0.4, 0.5) is 0 Å². The van der Waals surface area contributed by atoms with Crippen molar-refractivity contribution in [3.8, 4) is 0 Å². The zero-order valence-electron chi connectivity index (χ0n) is 13.8. The molecule has 4 rings (SSSR count). The van der Waals surface area contributed by atoms with Crippen molar-refractivity contribution in [3.63, 3.8) is 0 Å². The zero-order valence-corrected chi connectivity index (χ0v) is 13.8. The van der Waals surface area contributed by atoms with Crippen molar-refractivity contribution in [1.29, 1.82) is 0 Å². The molecule has 1 aliphatic carbocycles. The molecule has 3 heterocycles. The lowest BCUT2D eigenvalue weighted by atomic mass is 10.1. The topological polar surface area (TPSA) is 77.4 Å². The molecule has 7 nitrogen and oxygen atoms in total. The molecule has 1 amide bonds. The molecule has 0 aromatic carbocycles. The van der Waals surface area contributed by atoms with Gasteiger partial charge in [-0.05, 0) is 24.5 Å². The van der Waals surface area contributed by atoms with E-state index in [1.165, 1.54) is 12.4 Å². The number of carbonyl (C=O) groups is 1. The van der Waals surface area contributed by atoms with Gasteiger partial charge in [-0.2, -0.15) is 0 Å². The van der Waals surface area contributed by atoms with Crippen LogP contribution in [0.3, 0.4) is 0 Å². The third kappa shape index (κ3) is 3.38. The molecule has 2 aromatic rings. The van der Waals surface area contributed by atoms with E-state index in [1.54, 1.807) is 18.6 Å². The lowest BCUT2D eigenvalue weighted by Gasteiger charge is -2.31. The smallest absolute Gasteiger partial charge is 0.274 e. The first kappa shape index (κ1) is 16.1. The maximum absolute atomic E-state index is 12.9. The van der Waals surface area contributed by atoms with Crippen molar-refractivity contribution >= 4 is 5.91 Å². The molecule has 2 aromatic heterocycles. The van der Waals surface area contributed by atoms with E-state index in [9.17, 15) is 4.79 Å². The van der Waals surface area contributed by atoms with Crippen LogP contribution in [0, 0.1) is 0 Å². The predicted octanol–water partition coefficient (Wildman–Crippen LogP) is 1.46. The van der Waals surface area contributed by atoms with Crippen LogP contribution in [-0.4, -0.2) is 57.2 Å². The highest BCUT2D eigenvalue weighted by molar-refractivity contribution is 5.92. The van der Waals surface area contributed by atoms with Crippen molar-refractivity contribution in [2.45, 2.75) is 37.7 Å². The van der Waals surface area contributed by atoms with Crippen LogP contribution in [0.25, 0.3) is 0 Å². The van der Waals surface area contributed by atoms with Crippen molar-refractivity contribution in [2.24, 2.45) is 0 Å². The van der Waals surface area contributed by atoms with Crippen LogP contribution in [0.5, 0.6) is 0 Å². The molecule has 2 fully saturated rings. The summed E-state index contributed by atoms with van der Waals surface area (Å²) in [7, 11) is 0. The van der Waals surface area contributed by atoms with Gasteiger partial charge in [0, 0.05) is 31.3 Å². The molecule has 1 saturated carbocycles. The second-order valence-corrected chi connectivity index (χ2v) is 6.28. The molecule has 0 unspecified atom stereocenters. The summed E-state index contributed by atoms with van der Waals surface area (Å²) < 4.78 is 12.1. The molecule has 130 valence electrons. The number of amides is 1. The number of carbonyl (C=O) groups excluding carboxylic acids is 1. The van der Waals surface area contributed by atoms with Gasteiger partial charge in [-0.3, -0.25) is 14.8 Å². The number of hydrogen-bond donors (Lipinski definition) is 0. The second kappa shape index (κ2) is 7.25. The van der Waals surface area contributed by atoms with Crippen LogP contribution < -0.4 is 0 Å². The number of aromatic nitrogens is 3. The maximum Gasteiger partial charge on any atom is 0.274 e. The van der Waals surface area contributed by atoms with Gasteiger partial charge in [0.1, 0.15) is 11.8 Å². The Morgan fingerprint density at radius 2 is 2.16 bits per heavy atom. The van der Waals surface area contributed by atoms with Crippen molar-refractivity contribution in [2.75, 3.05) is 13.2 Å². The number of hydrogen-bond acceptors (Lipinski definition) is 6. The Balaban J connectivity index is 1.51. The molecule has 2 bridgehead atoms. The average Bonchev–Trinajstić information content (AvgIpc) is 2.96. The van der Waals surface area contributed by atoms with Crippen molar-refractivity contribution in [3.05, 3.63) is 54.4 Å². The van der Waals surface area contributed by atoms with Crippen LogP contribution in [0.15, 0.2) is 43.1 Å². The molecular formula is C18H20N4O3. The first-order chi connectivity index (χ1) is 12.3. The van der Waals surface area contributed by atoms with E-state index < -0.39 is 0 Å². The Bertz CT molecular complexity index is 713. The number of rotatable bonds is 4. The van der Waals surface area contributed by atoms with Gasteiger partial charge in [-0.15, -0.1) is 0 Å². The Morgan fingerprint density at radius 1 is 1.24 bits per heavy atom. The van der Waals surface area contributed by atoms with Gasteiger partial charge in [0.25, 0.3) is 5.91 Å². The van der Waals surface area contributed by atoms with Gasteiger partial charge in [-0.25, -0.2) is 4.98 Å². The highest BCUT2D eigenvalue weighted by Crippen LogP contribution is 2.33. The first-order valence-corrected chi connectivity index (χ1v) is 8.52. The number of ether oxygens (including phenoxy) is 2. The number of pyridine rings is 1. The molecular weight excluding hydrogens is 320 g/mol. The van der Waals surface area contributed by atoms with E-state index in [2.05, 4.69) is 15.0 Å². The number of fused-ring (bicyclic) bond motifs is 2. The fraction of sp³-hybridized carbons (Fsp3) is 0.444. The summed E-state index contributed by atoms with van der Waals surface area (Å²) in [4.78, 5) is 27.0. The van der Waals surface area contributed by atoms with E-state index >= 15 is 0 Å². The standard InChI is InChI=1S/C18H20N4O3/c23-18(14-11-20-6-7-21-14)22-8-9-24-16-4-3-15(22)17(16)25-12-13-2-1-5-19-10-13/h1-2,5-7,10-11,15-17H,3-4,8-9,12H2/t15-,16-,17+/m0/s1. The molecule has 2 aliphatic rings. The summed E-state index contributed by atoms with van der Waals surface area (Å²) in [5.41, 5.74) is 1.37. The fourth-order valence-electron chi connectivity index (χ4n) is 3.59. The summed E-state index contributed by atoms with van der Waals surface area (Å²) >= 11 is 0. The van der Waals surface area contributed by atoms with E-state index in [0.29, 0.717) is 25.5 Å². The molecule has 0 spiro atoms. The summed E-state index contributed by atoms with van der Waals surface area (Å²) in [5.74, 6) is -0.112. The van der Waals surface area contributed by atoms with E-state index in [1.807, 2.05) is 17.0 Å². The quantitative estimate of drug-likeness (QED) is 0.839. The molecule has 25 heavy (non-hydrogen) atoms. The van der Waals surface area contributed by atoms with E-state index in [0.717, 1.165) is 18.4 Å². The van der Waals surface area contributed by atoms with Gasteiger partial charge in [-0.1, -0.05) is 6.07 Å². The minimum Gasteiger partial charge on any atom is -0.374 e. The highest BCUT2D eigenvalue weighted by atomic mass is 16.5. The third-order valence-electron chi connectivity index (χ3n) is 4.77. The lowest BCUT2D eigenvalue weighted by molar-refractivity contribution is -0.0598. The molecule has 1 saturated heterocycles. The molecule has 3 atom stereocenters. The van der Waals surface area contributed by atoms with E-state index in [4.69, 9.17) is 9.47 Å². The molecule has 0 radical (unpaired) electrons. The normalized spacial score (nSPS) is 25.6. The van der Waals surface area contributed by atoms with Gasteiger partial charge in [0.05, 0.1) is 31.6 Å². The predicted molar refractivity (Wildman–Crippen MR) is 88.6 cm³/mol. The molecule has 1 aliphatic heterocycles. The lowest BCUT2D eigenvalue weighted by Crippen LogP contribution is -2.46. The average molecular weight is 340 g/mol. The van der Waals surface area contributed by atoms with Gasteiger partial charge in [0.2, 0.25) is 0 Å². The van der Waals surface area contributed by atoms with Gasteiger partial charge >= 0.3 is 0 Å². The second-order valence-electron chi connectivity index (χ2n) is 6.28. The largest absolute Gasteiger partial charge is 0.374 e. The Morgan fingerprint density at radius 3 is 2.96 bits per heavy atom.